The molecule has 0 aromatic rings. The SMILES string of the molecule is O=CC/C=C\C/C(F)=C\CF. The fourth-order valence-corrected chi connectivity index (χ4v) is 0.515. The van der Waals surface area contributed by atoms with Crippen molar-refractivity contribution in [3.05, 3.63) is 24.1 Å². The van der Waals surface area contributed by atoms with E-state index in [1.807, 2.05) is 0 Å². The van der Waals surface area contributed by atoms with Gasteiger partial charge in [0, 0.05) is 12.8 Å². The molecule has 0 aliphatic heterocycles. The predicted molar refractivity (Wildman–Crippen MR) is 39.6 cm³/mol. The van der Waals surface area contributed by atoms with Crippen LogP contribution >= 0.6 is 0 Å². The molecule has 0 saturated carbocycles. The summed E-state index contributed by atoms with van der Waals surface area (Å²) in [6, 6.07) is 0. The van der Waals surface area contributed by atoms with Crippen molar-refractivity contribution >= 4 is 6.29 Å². The fourth-order valence-electron chi connectivity index (χ4n) is 0.515. The maximum atomic E-state index is 12.3. The highest BCUT2D eigenvalue weighted by Crippen LogP contribution is 2.03. The van der Waals surface area contributed by atoms with Gasteiger partial charge in [-0.05, 0) is 6.08 Å². The van der Waals surface area contributed by atoms with Gasteiger partial charge in [-0.2, -0.15) is 0 Å². The molecular weight excluding hydrogens is 150 g/mol. The van der Waals surface area contributed by atoms with Crippen LogP contribution in [-0.2, 0) is 4.79 Å². The summed E-state index contributed by atoms with van der Waals surface area (Å²) < 4.78 is 23.7. The Morgan fingerprint density at radius 2 is 2.09 bits per heavy atom. The van der Waals surface area contributed by atoms with Crippen LogP contribution in [0.1, 0.15) is 12.8 Å². The van der Waals surface area contributed by atoms with E-state index in [4.69, 9.17) is 0 Å². The molecule has 11 heavy (non-hydrogen) atoms. The molecule has 0 aromatic carbocycles. The molecule has 0 spiro atoms. The summed E-state index contributed by atoms with van der Waals surface area (Å²) in [6.07, 6.45) is 4.97. The fraction of sp³-hybridized carbons (Fsp3) is 0.375. The first-order chi connectivity index (χ1) is 5.31. The first kappa shape index (κ1) is 10.0. The van der Waals surface area contributed by atoms with E-state index in [0.717, 1.165) is 6.08 Å². The van der Waals surface area contributed by atoms with E-state index in [9.17, 15) is 13.6 Å². The standard InChI is InChI=1S/C8H10F2O/c9-6-5-8(10)4-2-1-3-7-11/h1-2,5,7H,3-4,6H2/b2-1-,8-5+. The van der Waals surface area contributed by atoms with Crippen LogP contribution < -0.4 is 0 Å². The molecule has 3 heteroatoms. The van der Waals surface area contributed by atoms with Crippen LogP contribution in [0.4, 0.5) is 8.78 Å². The average Bonchev–Trinajstić information content (AvgIpc) is 1.99. The molecular formula is C8H10F2O. The molecule has 0 radical (unpaired) electrons. The smallest absolute Gasteiger partial charge is 0.123 e. The maximum Gasteiger partial charge on any atom is 0.123 e. The number of alkyl halides is 1. The zero-order valence-corrected chi connectivity index (χ0v) is 6.09. The Hall–Kier alpha value is -0.990. The third-order valence-electron chi connectivity index (χ3n) is 1.01. The lowest BCUT2D eigenvalue weighted by Gasteiger charge is -1.86. The van der Waals surface area contributed by atoms with E-state index in [1.54, 1.807) is 6.08 Å². The van der Waals surface area contributed by atoms with Crippen LogP contribution in [0.3, 0.4) is 0 Å². The van der Waals surface area contributed by atoms with E-state index in [0.29, 0.717) is 6.29 Å². The Morgan fingerprint density at radius 1 is 1.36 bits per heavy atom. The van der Waals surface area contributed by atoms with Crippen molar-refractivity contribution in [2.24, 2.45) is 0 Å². The minimum Gasteiger partial charge on any atom is -0.303 e. The minimum absolute atomic E-state index is 0.0672. The van der Waals surface area contributed by atoms with Crippen molar-refractivity contribution in [3.8, 4) is 0 Å². The van der Waals surface area contributed by atoms with Crippen molar-refractivity contribution < 1.29 is 13.6 Å². The number of rotatable bonds is 5. The molecule has 0 saturated heterocycles. The third kappa shape index (κ3) is 6.90. The molecule has 0 aliphatic rings. The highest BCUT2D eigenvalue weighted by Gasteiger charge is 1.88. The Morgan fingerprint density at radius 3 is 2.64 bits per heavy atom. The van der Waals surface area contributed by atoms with Gasteiger partial charge in [0.15, 0.2) is 0 Å². The highest BCUT2D eigenvalue weighted by atomic mass is 19.1. The van der Waals surface area contributed by atoms with Crippen LogP contribution in [0.15, 0.2) is 24.1 Å². The van der Waals surface area contributed by atoms with Crippen molar-refractivity contribution in [1.82, 2.24) is 0 Å². The predicted octanol–water partition coefficient (Wildman–Crippen LogP) is 2.34. The van der Waals surface area contributed by atoms with Crippen molar-refractivity contribution in [1.29, 1.82) is 0 Å². The summed E-state index contributed by atoms with van der Waals surface area (Å²) in [6.45, 7) is -0.784. The van der Waals surface area contributed by atoms with Crippen LogP contribution in [0.2, 0.25) is 0 Å². The number of carbonyl (C=O) groups is 1. The summed E-state index contributed by atoms with van der Waals surface area (Å²) in [4.78, 5) is 9.76. The molecule has 0 bridgehead atoms. The van der Waals surface area contributed by atoms with Crippen LogP contribution in [0, 0.1) is 0 Å². The zero-order valence-electron chi connectivity index (χ0n) is 6.09. The van der Waals surface area contributed by atoms with Gasteiger partial charge in [0.25, 0.3) is 0 Å². The van der Waals surface area contributed by atoms with Gasteiger partial charge in [0.2, 0.25) is 0 Å². The Bertz CT molecular complexity index is 161. The highest BCUT2D eigenvalue weighted by molar-refractivity contribution is 5.51. The Labute approximate surface area is 64.4 Å². The summed E-state index contributed by atoms with van der Waals surface area (Å²) >= 11 is 0. The van der Waals surface area contributed by atoms with E-state index in [1.165, 1.54) is 6.08 Å². The van der Waals surface area contributed by atoms with E-state index >= 15 is 0 Å². The molecule has 0 fully saturated rings. The lowest BCUT2D eigenvalue weighted by molar-refractivity contribution is -0.107. The van der Waals surface area contributed by atoms with Crippen LogP contribution in [-0.4, -0.2) is 13.0 Å². The van der Waals surface area contributed by atoms with Gasteiger partial charge >= 0.3 is 0 Å². The first-order valence-corrected chi connectivity index (χ1v) is 3.30. The van der Waals surface area contributed by atoms with Gasteiger partial charge in [-0.25, -0.2) is 8.78 Å². The van der Waals surface area contributed by atoms with Crippen molar-refractivity contribution in [2.75, 3.05) is 6.67 Å². The molecule has 0 unspecified atom stereocenters. The minimum atomic E-state index is -0.784. The largest absolute Gasteiger partial charge is 0.303 e. The quantitative estimate of drug-likeness (QED) is 0.445. The molecule has 0 heterocycles. The van der Waals surface area contributed by atoms with Crippen LogP contribution in [0.5, 0.6) is 0 Å². The van der Waals surface area contributed by atoms with Gasteiger partial charge in [0.05, 0.1) is 0 Å². The molecule has 62 valence electrons. The van der Waals surface area contributed by atoms with E-state index in [-0.39, 0.29) is 12.8 Å². The van der Waals surface area contributed by atoms with Crippen LogP contribution in [0.25, 0.3) is 0 Å². The van der Waals surface area contributed by atoms with Gasteiger partial charge in [-0.3, -0.25) is 0 Å². The second-order valence-electron chi connectivity index (χ2n) is 1.88. The van der Waals surface area contributed by atoms with E-state index in [2.05, 4.69) is 0 Å². The zero-order chi connectivity index (χ0) is 8.53. The monoisotopic (exact) mass is 160 g/mol. The molecule has 0 aliphatic carbocycles. The van der Waals surface area contributed by atoms with E-state index < -0.39 is 12.5 Å². The number of allylic oxidation sites excluding steroid dienone is 4. The molecule has 1 nitrogen and oxygen atoms in total. The molecule has 0 atom stereocenters. The Balaban J connectivity index is 3.51. The molecule has 0 rings (SSSR count). The summed E-state index contributed by atoms with van der Waals surface area (Å²) in [5, 5.41) is 0. The number of halogens is 2. The topological polar surface area (TPSA) is 17.1 Å². The Kier molecular flexibility index (Phi) is 6.48. The summed E-state index contributed by atoms with van der Waals surface area (Å²) in [5.74, 6) is -0.505. The van der Waals surface area contributed by atoms with Crippen molar-refractivity contribution in [2.45, 2.75) is 12.8 Å². The second-order valence-corrected chi connectivity index (χ2v) is 1.88. The number of hydrogen-bond donors (Lipinski definition) is 0. The molecule has 0 amide bonds. The van der Waals surface area contributed by atoms with Gasteiger partial charge in [-0.1, -0.05) is 12.2 Å². The maximum absolute atomic E-state index is 12.3. The summed E-state index contributed by atoms with van der Waals surface area (Å²) in [7, 11) is 0. The van der Waals surface area contributed by atoms with Crippen molar-refractivity contribution in [3.63, 3.8) is 0 Å². The molecule has 0 N–H and O–H groups in total. The average molecular weight is 160 g/mol. The van der Waals surface area contributed by atoms with Gasteiger partial charge in [0.1, 0.15) is 18.8 Å². The third-order valence-corrected chi connectivity index (χ3v) is 1.01. The summed E-state index contributed by atoms with van der Waals surface area (Å²) in [5.41, 5.74) is 0. The lowest BCUT2D eigenvalue weighted by atomic mass is 10.3. The number of carbonyl (C=O) groups excluding carboxylic acids is 1. The second kappa shape index (κ2) is 7.12. The molecule has 0 aromatic heterocycles. The lowest BCUT2D eigenvalue weighted by Crippen LogP contribution is -1.73. The number of hydrogen-bond acceptors (Lipinski definition) is 1. The normalized spacial score (nSPS) is 12.4. The number of aldehydes is 1. The first-order valence-electron chi connectivity index (χ1n) is 3.30. The van der Waals surface area contributed by atoms with Gasteiger partial charge in [-0.15, -0.1) is 0 Å². The van der Waals surface area contributed by atoms with Gasteiger partial charge < -0.3 is 4.79 Å².